The molecule has 1 aliphatic rings. The van der Waals surface area contributed by atoms with Crippen LogP contribution in [-0.4, -0.2) is 30.3 Å². The maximum Gasteiger partial charge on any atom is 0.320 e. The van der Waals surface area contributed by atoms with Crippen molar-refractivity contribution in [3.63, 3.8) is 0 Å². The first-order valence-corrected chi connectivity index (χ1v) is 7.31. The van der Waals surface area contributed by atoms with Crippen LogP contribution in [0.3, 0.4) is 0 Å². The average molecular weight is 328 g/mol. The first kappa shape index (κ1) is 14.3. The van der Waals surface area contributed by atoms with Crippen molar-refractivity contribution in [3.8, 4) is 0 Å². The van der Waals surface area contributed by atoms with Gasteiger partial charge in [0.05, 0.1) is 6.10 Å². The van der Waals surface area contributed by atoms with E-state index in [1.165, 1.54) is 6.42 Å². The van der Waals surface area contributed by atoms with Gasteiger partial charge in [0.2, 0.25) is 0 Å². The molecule has 1 fully saturated rings. The molecule has 5 nitrogen and oxygen atoms in total. The van der Waals surface area contributed by atoms with Crippen molar-refractivity contribution in [2.24, 2.45) is 0 Å². The van der Waals surface area contributed by atoms with Gasteiger partial charge in [-0.1, -0.05) is 0 Å². The van der Waals surface area contributed by atoms with Gasteiger partial charge in [0.1, 0.15) is 5.82 Å². The molecule has 2 heterocycles. The molecule has 0 spiro atoms. The van der Waals surface area contributed by atoms with Gasteiger partial charge < -0.3 is 10.1 Å². The van der Waals surface area contributed by atoms with Crippen LogP contribution < -0.4 is 10.6 Å². The lowest BCUT2D eigenvalue weighted by atomic mass is 10.1. The van der Waals surface area contributed by atoms with Crippen LogP contribution in [0.2, 0.25) is 0 Å². The maximum atomic E-state index is 11.6. The SMILES string of the molecule is O=C(NCC[C@H]1CCCCO1)Nc1ccc(Br)cn1. The van der Waals surface area contributed by atoms with Crippen molar-refractivity contribution < 1.29 is 9.53 Å². The molecule has 1 aliphatic heterocycles. The van der Waals surface area contributed by atoms with Crippen molar-refractivity contribution in [2.45, 2.75) is 31.8 Å². The minimum absolute atomic E-state index is 0.231. The number of aromatic nitrogens is 1. The van der Waals surface area contributed by atoms with Crippen molar-refractivity contribution in [1.82, 2.24) is 10.3 Å². The Morgan fingerprint density at radius 3 is 3.05 bits per heavy atom. The van der Waals surface area contributed by atoms with Gasteiger partial charge >= 0.3 is 6.03 Å². The van der Waals surface area contributed by atoms with Gasteiger partial charge in [-0.2, -0.15) is 0 Å². The van der Waals surface area contributed by atoms with Gasteiger partial charge in [0.15, 0.2) is 0 Å². The molecular formula is C13H18BrN3O2. The van der Waals surface area contributed by atoms with E-state index in [0.29, 0.717) is 18.5 Å². The third-order valence-corrected chi connectivity index (χ3v) is 3.46. The van der Waals surface area contributed by atoms with Crippen LogP contribution in [-0.2, 0) is 4.74 Å². The Bertz CT molecular complexity index is 405. The largest absolute Gasteiger partial charge is 0.378 e. The molecule has 0 saturated carbocycles. The topological polar surface area (TPSA) is 63.2 Å². The predicted octanol–water partition coefficient (Wildman–Crippen LogP) is 2.92. The number of amides is 2. The standard InChI is InChI=1S/C13H18BrN3O2/c14-10-4-5-12(16-9-10)17-13(18)15-7-6-11-3-1-2-8-19-11/h4-5,9,11H,1-3,6-8H2,(H2,15,16,17,18)/t11-/m1/s1. The van der Waals surface area contributed by atoms with E-state index in [2.05, 4.69) is 31.5 Å². The fourth-order valence-corrected chi connectivity index (χ4v) is 2.23. The summed E-state index contributed by atoms with van der Waals surface area (Å²) in [5, 5.41) is 5.50. The smallest absolute Gasteiger partial charge is 0.320 e. The molecule has 1 saturated heterocycles. The molecule has 0 aliphatic carbocycles. The van der Waals surface area contributed by atoms with Crippen molar-refractivity contribution in [2.75, 3.05) is 18.5 Å². The Hall–Kier alpha value is -1.14. The monoisotopic (exact) mass is 327 g/mol. The Kier molecular flexibility index (Phi) is 5.60. The van der Waals surface area contributed by atoms with Crippen LogP contribution in [0.4, 0.5) is 10.6 Å². The van der Waals surface area contributed by atoms with E-state index in [-0.39, 0.29) is 6.03 Å². The highest BCUT2D eigenvalue weighted by Crippen LogP contribution is 2.15. The molecule has 1 aromatic heterocycles. The number of urea groups is 1. The number of hydrogen-bond donors (Lipinski definition) is 2. The number of rotatable bonds is 4. The lowest BCUT2D eigenvalue weighted by molar-refractivity contribution is 0.0120. The van der Waals surface area contributed by atoms with E-state index in [4.69, 9.17) is 4.74 Å². The van der Waals surface area contributed by atoms with E-state index in [9.17, 15) is 4.79 Å². The first-order chi connectivity index (χ1) is 9.24. The lowest BCUT2D eigenvalue weighted by Gasteiger charge is -2.22. The quantitative estimate of drug-likeness (QED) is 0.893. The minimum atomic E-state index is -0.231. The van der Waals surface area contributed by atoms with Crippen molar-refractivity contribution >= 4 is 27.8 Å². The molecule has 1 aromatic rings. The van der Waals surface area contributed by atoms with Crippen LogP contribution in [0.15, 0.2) is 22.8 Å². The number of halogens is 1. The van der Waals surface area contributed by atoms with Gasteiger partial charge in [0, 0.05) is 23.8 Å². The van der Waals surface area contributed by atoms with E-state index >= 15 is 0 Å². The fourth-order valence-electron chi connectivity index (χ4n) is 1.99. The molecule has 0 aromatic carbocycles. The van der Waals surface area contributed by atoms with Gasteiger partial charge in [-0.3, -0.25) is 5.32 Å². The number of carbonyl (C=O) groups is 1. The van der Waals surface area contributed by atoms with Crippen molar-refractivity contribution in [1.29, 1.82) is 0 Å². The van der Waals surface area contributed by atoms with Crippen molar-refractivity contribution in [3.05, 3.63) is 22.8 Å². The van der Waals surface area contributed by atoms with Crippen LogP contribution in [0, 0.1) is 0 Å². The summed E-state index contributed by atoms with van der Waals surface area (Å²) in [6, 6.07) is 3.34. The van der Waals surface area contributed by atoms with Gasteiger partial charge in [0.25, 0.3) is 0 Å². The summed E-state index contributed by atoms with van der Waals surface area (Å²) in [6.07, 6.45) is 6.27. The molecule has 0 bridgehead atoms. The Morgan fingerprint density at radius 2 is 2.37 bits per heavy atom. The molecule has 2 rings (SSSR count). The zero-order chi connectivity index (χ0) is 13.5. The molecule has 6 heteroatoms. The highest BCUT2D eigenvalue weighted by Gasteiger charge is 2.13. The summed E-state index contributed by atoms with van der Waals surface area (Å²) in [6.45, 7) is 1.46. The highest BCUT2D eigenvalue weighted by atomic mass is 79.9. The number of ether oxygens (including phenoxy) is 1. The Balaban J connectivity index is 1.65. The zero-order valence-electron chi connectivity index (χ0n) is 10.7. The highest BCUT2D eigenvalue weighted by molar-refractivity contribution is 9.10. The minimum Gasteiger partial charge on any atom is -0.378 e. The van der Waals surface area contributed by atoms with Crippen LogP contribution >= 0.6 is 15.9 Å². The van der Waals surface area contributed by atoms with E-state index in [1.807, 2.05) is 6.07 Å². The molecule has 104 valence electrons. The number of nitrogens with zero attached hydrogens (tertiary/aromatic N) is 1. The van der Waals surface area contributed by atoms with Gasteiger partial charge in [-0.05, 0) is 53.7 Å². The van der Waals surface area contributed by atoms with Gasteiger partial charge in [-0.15, -0.1) is 0 Å². The number of nitrogens with one attached hydrogen (secondary N) is 2. The molecule has 2 N–H and O–H groups in total. The molecule has 1 atom stereocenters. The number of anilines is 1. The Morgan fingerprint density at radius 1 is 1.47 bits per heavy atom. The third kappa shape index (κ3) is 5.16. The summed E-state index contributed by atoms with van der Waals surface area (Å²) >= 11 is 3.29. The molecule has 19 heavy (non-hydrogen) atoms. The summed E-state index contributed by atoms with van der Waals surface area (Å²) in [5.74, 6) is 0.537. The summed E-state index contributed by atoms with van der Waals surface area (Å²) in [7, 11) is 0. The Labute approximate surface area is 121 Å². The molecule has 2 amide bonds. The summed E-state index contributed by atoms with van der Waals surface area (Å²) in [5.41, 5.74) is 0. The van der Waals surface area contributed by atoms with Crippen LogP contribution in [0.1, 0.15) is 25.7 Å². The molecular weight excluding hydrogens is 310 g/mol. The number of hydrogen-bond acceptors (Lipinski definition) is 3. The average Bonchev–Trinajstić information content (AvgIpc) is 2.43. The second kappa shape index (κ2) is 7.45. The van der Waals surface area contributed by atoms with E-state index in [1.54, 1.807) is 12.3 Å². The third-order valence-electron chi connectivity index (χ3n) is 2.99. The lowest BCUT2D eigenvalue weighted by Crippen LogP contribution is -2.32. The number of pyridine rings is 1. The predicted molar refractivity (Wildman–Crippen MR) is 77.2 cm³/mol. The van der Waals surface area contributed by atoms with E-state index in [0.717, 1.165) is 30.3 Å². The molecule has 0 radical (unpaired) electrons. The normalized spacial score (nSPS) is 18.9. The van der Waals surface area contributed by atoms with Crippen LogP contribution in [0.25, 0.3) is 0 Å². The van der Waals surface area contributed by atoms with E-state index < -0.39 is 0 Å². The summed E-state index contributed by atoms with van der Waals surface area (Å²) in [4.78, 5) is 15.7. The second-order valence-electron chi connectivity index (χ2n) is 4.52. The van der Waals surface area contributed by atoms with Gasteiger partial charge in [-0.25, -0.2) is 9.78 Å². The summed E-state index contributed by atoms with van der Waals surface area (Å²) < 4.78 is 6.48. The number of carbonyl (C=O) groups excluding carboxylic acids is 1. The van der Waals surface area contributed by atoms with Crippen LogP contribution in [0.5, 0.6) is 0 Å². The fraction of sp³-hybridized carbons (Fsp3) is 0.538. The molecule has 0 unspecified atom stereocenters. The first-order valence-electron chi connectivity index (χ1n) is 6.52. The zero-order valence-corrected chi connectivity index (χ0v) is 12.3. The maximum absolute atomic E-state index is 11.6. The second-order valence-corrected chi connectivity index (χ2v) is 5.44.